The van der Waals surface area contributed by atoms with Crippen LogP contribution in [0, 0.1) is 11.3 Å². The minimum atomic E-state index is -0.678. The van der Waals surface area contributed by atoms with Crippen LogP contribution in [0.5, 0.6) is 0 Å². The second-order valence-electron chi connectivity index (χ2n) is 6.40. The summed E-state index contributed by atoms with van der Waals surface area (Å²) in [5.41, 5.74) is 5.25. The van der Waals surface area contributed by atoms with Gasteiger partial charge in [0.15, 0.2) is 0 Å². The van der Waals surface area contributed by atoms with Crippen molar-refractivity contribution in [1.29, 1.82) is 0 Å². The van der Waals surface area contributed by atoms with Crippen molar-refractivity contribution in [2.45, 2.75) is 51.5 Å². The first-order valence-corrected chi connectivity index (χ1v) is 8.03. The number of carbonyl (C=O) groups excluding carboxylic acids is 1. The molecule has 2 rings (SSSR count). The molecule has 1 aliphatic heterocycles. The van der Waals surface area contributed by atoms with E-state index in [2.05, 4.69) is 6.92 Å². The molecular weight excluding hydrogens is 272 g/mol. The monoisotopic (exact) mass is 298 g/mol. The molecule has 2 N–H and O–H groups in total. The standard InChI is InChI=1S/C15H26N2O2S/c1-11-4-3-5-12(10-11)17(2)14(18)15(13(16)20)6-8-19-9-7-15/h11-12H,3-10H2,1-2H3,(H2,16,20). The molecule has 2 unspecified atom stereocenters. The van der Waals surface area contributed by atoms with Crippen molar-refractivity contribution in [3.63, 3.8) is 0 Å². The Morgan fingerprint density at radius 2 is 2.00 bits per heavy atom. The zero-order valence-electron chi connectivity index (χ0n) is 12.6. The van der Waals surface area contributed by atoms with E-state index < -0.39 is 5.41 Å². The lowest BCUT2D eigenvalue weighted by molar-refractivity contribution is -0.144. The maximum absolute atomic E-state index is 13.0. The van der Waals surface area contributed by atoms with Gasteiger partial charge in [-0.25, -0.2) is 0 Å². The number of rotatable bonds is 3. The van der Waals surface area contributed by atoms with Gasteiger partial charge in [0.1, 0.15) is 5.41 Å². The predicted molar refractivity (Wildman–Crippen MR) is 83.5 cm³/mol. The molecule has 1 aliphatic carbocycles. The van der Waals surface area contributed by atoms with E-state index in [1.54, 1.807) is 0 Å². The molecule has 114 valence electrons. The minimum absolute atomic E-state index is 0.104. The third-order valence-electron chi connectivity index (χ3n) is 5.00. The fraction of sp³-hybridized carbons (Fsp3) is 0.867. The molecule has 0 radical (unpaired) electrons. The molecule has 4 nitrogen and oxygen atoms in total. The molecule has 0 bridgehead atoms. The van der Waals surface area contributed by atoms with Crippen molar-refractivity contribution < 1.29 is 9.53 Å². The SMILES string of the molecule is CC1CCCC(N(C)C(=O)C2(C(N)=S)CCOCC2)C1. The predicted octanol–water partition coefficient (Wildman–Crippen LogP) is 2.11. The van der Waals surface area contributed by atoms with E-state index in [4.69, 9.17) is 22.7 Å². The van der Waals surface area contributed by atoms with E-state index in [1.807, 2.05) is 11.9 Å². The fourth-order valence-corrected chi connectivity index (χ4v) is 3.83. The Labute approximate surface area is 127 Å². The lowest BCUT2D eigenvalue weighted by atomic mass is 9.77. The Kier molecular flexibility index (Phi) is 5.02. The summed E-state index contributed by atoms with van der Waals surface area (Å²) in [5.74, 6) is 0.798. The fourth-order valence-electron chi connectivity index (χ4n) is 3.54. The highest BCUT2D eigenvalue weighted by Crippen LogP contribution is 2.35. The summed E-state index contributed by atoms with van der Waals surface area (Å²) in [4.78, 5) is 15.2. The Bertz CT molecular complexity index is 380. The Morgan fingerprint density at radius 3 is 2.55 bits per heavy atom. The summed E-state index contributed by atoms with van der Waals surface area (Å²) in [6.07, 6.45) is 5.89. The van der Waals surface area contributed by atoms with Crippen LogP contribution in [0.2, 0.25) is 0 Å². The van der Waals surface area contributed by atoms with Gasteiger partial charge in [0.2, 0.25) is 5.91 Å². The second-order valence-corrected chi connectivity index (χ2v) is 6.84. The average Bonchev–Trinajstić information content (AvgIpc) is 2.46. The molecule has 20 heavy (non-hydrogen) atoms. The number of carbonyl (C=O) groups is 1. The molecule has 0 aromatic heterocycles. The Morgan fingerprint density at radius 1 is 1.35 bits per heavy atom. The molecule has 2 aliphatic rings. The summed E-state index contributed by atoms with van der Waals surface area (Å²) < 4.78 is 5.38. The van der Waals surface area contributed by atoms with Gasteiger partial charge in [0.25, 0.3) is 0 Å². The number of ether oxygens (including phenoxy) is 1. The molecule has 5 heteroatoms. The Hall–Kier alpha value is -0.680. The number of hydrogen-bond donors (Lipinski definition) is 1. The van der Waals surface area contributed by atoms with Gasteiger partial charge < -0.3 is 15.4 Å². The average molecular weight is 298 g/mol. The van der Waals surface area contributed by atoms with Crippen molar-refractivity contribution in [2.24, 2.45) is 17.1 Å². The van der Waals surface area contributed by atoms with Crippen LogP contribution in [0.1, 0.15) is 45.4 Å². The third kappa shape index (κ3) is 2.98. The van der Waals surface area contributed by atoms with E-state index in [-0.39, 0.29) is 5.91 Å². The maximum atomic E-state index is 13.0. The van der Waals surface area contributed by atoms with Crippen LogP contribution in [0.25, 0.3) is 0 Å². The van der Waals surface area contributed by atoms with Crippen LogP contribution in [-0.2, 0) is 9.53 Å². The lowest BCUT2D eigenvalue weighted by Gasteiger charge is -2.42. The molecular formula is C15H26N2O2S. The van der Waals surface area contributed by atoms with E-state index >= 15 is 0 Å². The van der Waals surface area contributed by atoms with Crippen LogP contribution < -0.4 is 5.73 Å². The zero-order valence-corrected chi connectivity index (χ0v) is 13.4. The quantitative estimate of drug-likeness (QED) is 0.811. The van der Waals surface area contributed by atoms with E-state index in [1.165, 1.54) is 12.8 Å². The molecule has 1 heterocycles. The lowest BCUT2D eigenvalue weighted by Crippen LogP contribution is -2.55. The second kappa shape index (κ2) is 6.39. The molecule has 1 saturated heterocycles. The molecule has 0 aromatic rings. The van der Waals surface area contributed by atoms with Crippen molar-refractivity contribution in [2.75, 3.05) is 20.3 Å². The first kappa shape index (κ1) is 15.7. The zero-order chi connectivity index (χ0) is 14.8. The summed E-state index contributed by atoms with van der Waals surface area (Å²) >= 11 is 5.22. The summed E-state index contributed by atoms with van der Waals surface area (Å²) in [5, 5.41) is 0. The first-order valence-electron chi connectivity index (χ1n) is 7.62. The van der Waals surface area contributed by atoms with Crippen LogP contribution in [0.4, 0.5) is 0 Å². The smallest absolute Gasteiger partial charge is 0.235 e. The number of hydrogen-bond acceptors (Lipinski definition) is 3. The van der Waals surface area contributed by atoms with Crippen LogP contribution in [0.3, 0.4) is 0 Å². The first-order chi connectivity index (χ1) is 9.47. The highest BCUT2D eigenvalue weighted by molar-refractivity contribution is 7.80. The normalized spacial score (nSPS) is 29.7. The van der Waals surface area contributed by atoms with Gasteiger partial charge in [-0.3, -0.25) is 4.79 Å². The van der Waals surface area contributed by atoms with Gasteiger partial charge in [-0.2, -0.15) is 0 Å². The van der Waals surface area contributed by atoms with Gasteiger partial charge in [0.05, 0.1) is 4.99 Å². The van der Waals surface area contributed by atoms with Gasteiger partial charge in [-0.05, 0) is 31.6 Å². The molecule has 0 aromatic carbocycles. The highest BCUT2D eigenvalue weighted by Gasteiger charge is 2.45. The molecule has 0 spiro atoms. The maximum Gasteiger partial charge on any atom is 0.235 e. The van der Waals surface area contributed by atoms with E-state index in [9.17, 15) is 4.79 Å². The summed E-state index contributed by atoms with van der Waals surface area (Å²) in [6.45, 7) is 3.40. The summed E-state index contributed by atoms with van der Waals surface area (Å²) in [7, 11) is 1.92. The molecule has 1 saturated carbocycles. The van der Waals surface area contributed by atoms with Crippen LogP contribution in [-0.4, -0.2) is 42.1 Å². The van der Waals surface area contributed by atoms with Crippen molar-refractivity contribution in [3.8, 4) is 0 Å². The number of nitrogens with zero attached hydrogens (tertiary/aromatic N) is 1. The van der Waals surface area contributed by atoms with Gasteiger partial charge in [0, 0.05) is 26.3 Å². The van der Waals surface area contributed by atoms with Gasteiger partial charge >= 0.3 is 0 Å². The van der Waals surface area contributed by atoms with Gasteiger partial charge in [-0.1, -0.05) is 32.0 Å². The van der Waals surface area contributed by atoms with E-state index in [0.717, 1.165) is 12.8 Å². The van der Waals surface area contributed by atoms with Crippen LogP contribution in [0.15, 0.2) is 0 Å². The van der Waals surface area contributed by atoms with Crippen molar-refractivity contribution in [3.05, 3.63) is 0 Å². The van der Waals surface area contributed by atoms with Crippen molar-refractivity contribution in [1.82, 2.24) is 4.90 Å². The minimum Gasteiger partial charge on any atom is -0.392 e. The molecule has 2 atom stereocenters. The Balaban J connectivity index is 2.12. The van der Waals surface area contributed by atoms with Crippen LogP contribution >= 0.6 is 12.2 Å². The molecule has 2 fully saturated rings. The summed E-state index contributed by atoms with van der Waals surface area (Å²) in [6, 6.07) is 0.334. The van der Waals surface area contributed by atoms with E-state index in [0.29, 0.717) is 43.0 Å². The largest absolute Gasteiger partial charge is 0.392 e. The number of thiocarbonyl (C=S) groups is 1. The third-order valence-corrected chi connectivity index (χ3v) is 5.39. The van der Waals surface area contributed by atoms with Gasteiger partial charge in [-0.15, -0.1) is 0 Å². The van der Waals surface area contributed by atoms with Crippen molar-refractivity contribution >= 4 is 23.1 Å². The number of amides is 1. The number of nitrogens with two attached hydrogens (primary N) is 1. The topological polar surface area (TPSA) is 55.6 Å². The highest BCUT2D eigenvalue weighted by atomic mass is 32.1. The molecule has 1 amide bonds.